The third-order valence-corrected chi connectivity index (χ3v) is 3.48. The van der Waals surface area contributed by atoms with Crippen molar-refractivity contribution in [3.8, 4) is 5.75 Å². The first-order chi connectivity index (χ1) is 8.99. The van der Waals surface area contributed by atoms with Crippen LogP contribution in [-0.2, 0) is 9.59 Å². The van der Waals surface area contributed by atoms with Gasteiger partial charge in [0.2, 0.25) is 0 Å². The van der Waals surface area contributed by atoms with Crippen molar-refractivity contribution >= 4 is 17.5 Å². The van der Waals surface area contributed by atoms with Crippen LogP contribution in [0.5, 0.6) is 5.75 Å². The van der Waals surface area contributed by atoms with Crippen molar-refractivity contribution in [1.29, 1.82) is 0 Å². The van der Waals surface area contributed by atoms with Gasteiger partial charge in [-0.25, -0.2) is 0 Å². The van der Waals surface area contributed by atoms with Crippen LogP contribution in [0.3, 0.4) is 0 Å². The van der Waals surface area contributed by atoms with E-state index in [4.69, 9.17) is 4.74 Å². The van der Waals surface area contributed by atoms with Crippen LogP contribution in [0.4, 0.5) is 5.69 Å². The molecule has 0 aromatic heterocycles. The molecule has 1 fully saturated rings. The van der Waals surface area contributed by atoms with E-state index in [1.165, 1.54) is 6.92 Å². The number of anilines is 1. The molecule has 5 heteroatoms. The molecule has 2 amide bonds. The molecule has 0 radical (unpaired) electrons. The lowest BCUT2D eigenvalue weighted by molar-refractivity contribution is -0.146. The normalized spacial score (nSPS) is 25.1. The molecule has 0 bridgehead atoms. The fourth-order valence-corrected chi connectivity index (χ4v) is 2.04. The summed E-state index contributed by atoms with van der Waals surface area (Å²) in [7, 11) is 0. The van der Waals surface area contributed by atoms with Gasteiger partial charge in [-0.15, -0.1) is 0 Å². The number of rotatable bonds is 2. The Labute approximate surface area is 111 Å². The first kappa shape index (κ1) is 12.0. The summed E-state index contributed by atoms with van der Waals surface area (Å²) < 4.78 is 5.65. The SMILES string of the molecule is Cc1ccc2c(c1)NC(=O)C(C)(C(=O)NC1CC1)O2. The summed E-state index contributed by atoms with van der Waals surface area (Å²) in [6, 6.07) is 5.67. The molecule has 1 heterocycles. The van der Waals surface area contributed by atoms with E-state index in [0.29, 0.717) is 11.4 Å². The monoisotopic (exact) mass is 260 g/mol. The number of nitrogens with one attached hydrogen (secondary N) is 2. The smallest absolute Gasteiger partial charge is 0.278 e. The Morgan fingerprint density at radius 1 is 1.47 bits per heavy atom. The second-order valence-electron chi connectivity index (χ2n) is 5.34. The lowest BCUT2D eigenvalue weighted by Gasteiger charge is -2.33. The Hall–Kier alpha value is -2.04. The summed E-state index contributed by atoms with van der Waals surface area (Å²) >= 11 is 0. The van der Waals surface area contributed by atoms with E-state index >= 15 is 0 Å². The summed E-state index contributed by atoms with van der Waals surface area (Å²) in [6.07, 6.45) is 1.94. The van der Waals surface area contributed by atoms with Crippen LogP contribution in [0.2, 0.25) is 0 Å². The predicted molar refractivity (Wildman–Crippen MR) is 70.0 cm³/mol. The largest absolute Gasteiger partial charge is 0.466 e. The highest BCUT2D eigenvalue weighted by Gasteiger charge is 2.48. The van der Waals surface area contributed by atoms with Crippen LogP contribution in [0, 0.1) is 6.92 Å². The van der Waals surface area contributed by atoms with E-state index in [9.17, 15) is 9.59 Å². The van der Waals surface area contributed by atoms with Gasteiger partial charge in [0.25, 0.3) is 17.4 Å². The first-order valence-electron chi connectivity index (χ1n) is 6.41. The number of hydrogen-bond acceptors (Lipinski definition) is 3. The van der Waals surface area contributed by atoms with E-state index in [1.54, 1.807) is 6.07 Å². The van der Waals surface area contributed by atoms with Crippen LogP contribution in [-0.4, -0.2) is 23.5 Å². The molecule has 1 aromatic rings. The Morgan fingerprint density at radius 3 is 2.89 bits per heavy atom. The van der Waals surface area contributed by atoms with Crippen molar-refractivity contribution < 1.29 is 14.3 Å². The summed E-state index contributed by atoms with van der Waals surface area (Å²) in [5, 5.41) is 5.55. The van der Waals surface area contributed by atoms with E-state index in [0.717, 1.165) is 18.4 Å². The molecule has 1 aliphatic heterocycles. The van der Waals surface area contributed by atoms with Gasteiger partial charge in [-0.2, -0.15) is 0 Å². The molecule has 1 unspecified atom stereocenters. The van der Waals surface area contributed by atoms with Gasteiger partial charge in [0.05, 0.1) is 5.69 Å². The van der Waals surface area contributed by atoms with E-state index in [1.807, 2.05) is 19.1 Å². The molecule has 0 spiro atoms. The Morgan fingerprint density at radius 2 is 2.21 bits per heavy atom. The van der Waals surface area contributed by atoms with Crippen LogP contribution in [0.25, 0.3) is 0 Å². The molecule has 1 aromatic carbocycles. The van der Waals surface area contributed by atoms with Gasteiger partial charge in [-0.05, 0) is 44.4 Å². The number of fused-ring (bicyclic) bond motifs is 1. The van der Waals surface area contributed by atoms with Crippen LogP contribution in [0.15, 0.2) is 18.2 Å². The third-order valence-electron chi connectivity index (χ3n) is 3.48. The molecule has 1 saturated carbocycles. The molecule has 100 valence electrons. The highest BCUT2D eigenvalue weighted by molar-refractivity contribution is 6.15. The zero-order valence-corrected chi connectivity index (χ0v) is 10.9. The van der Waals surface area contributed by atoms with Gasteiger partial charge in [0.1, 0.15) is 5.75 Å². The highest BCUT2D eigenvalue weighted by Crippen LogP contribution is 2.34. The number of aryl methyl sites for hydroxylation is 1. The van der Waals surface area contributed by atoms with Crippen molar-refractivity contribution in [2.45, 2.75) is 38.3 Å². The Balaban J connectivity index is 1.89. The summed E-state index contributed by atoms with van der Waals surface area (Å²) in [5.41, 5.74) is 0.139. The van der Waals surface area contributed by atoms with Gasteiger partial charge in [0, 0.05) is 6.04 Å². The minimum Gasteiger partial charge on any atom is -0.466 e. The molecule has 5 nitrogen and oxygen atoms in total. The zero-order chi connectivity index (χ0) is 13.6. The van der Waals surface area contributed by atoms with E-state index in [2.05, 4.69) is 10.6 Å². The Bertz CT molecular complexity index is 566. The van der Waals surface area contributed by atoms with E-state index in [-0.39, 0.29) is 11.9 Å². The number of carbonyl (C=O) groups is 2. The van der Waals surface area contributed by atoms with Crippen LogP contribution < -0.4 is 15.4 Å². The lowest BCUT2D eigenvalue weighted by atomic mass is 10.0. The minimum absolute atomic E-state index is 0.195. The Kier molecular flexibility index (Phi) is 2.52. The molecular formula is C14H16N2O3. The quantitative estimate of drug-likeness (QED) is 0.789. The van der Waals surface area contributed by atoms with Gasteiger partial charge in [-0.1, -0.05) is 6.07 Å². The number of amides is 2. The van der Waals surface area contributed by atoms with Crippen molar-refractivity contribution in [3.63, 3.8) is 0 Å². The molecule has 19 heavy (non-hydrogen) atoms. The maximum atomic E-state index is 12.2. The zero-order valence-electron chi connectivity index (χ0n) is 10.9. The van der Waals surface area contributed by atoms with Crippen molar-refractivity contribution in [1.82, 2.24) is 5.32 Å². The predicted octanol–water partition coefficient (Wildman–Crippen LogP) is 1.36. The molecule has 0 saturated heterocycles. The van der Waals surface area contributed by atoms with Gasteiger partial charge >= 0.3 is 0 Å². The van der Waals surface area contributed by atoms with Crippen molar-refractivity contribution in [2.24, 2.45) is 0 Å². The number of hydrogen-bond donors (Lipinski definition) is 2. The fourth-order valence-electron chi connectivity index (χ4n) is 2.04. The van der Waals surface area contributed by atoms with Crippen molar-refractivity contribution in [2.75, 3.05) is 5.32 Å². The third kappa shape index (κ3) is 2.05. The summed E-state index contributed by atoms with van der Waals surface area (Å²) in [6.45, 7) is 3.43. The van der Waals surface area contributed by atoms with Gasteiger partial charge in [0.15, 0.2) is 0 Å². The van der Waals surface area contributed by atoms with Crippen LogP contribution in [0.1, 0.15) is 25.3 Å². The fraction of sp³-hybridized carbons (Fsp3) is 0.429. The average Bonchev–Trinajstić information content (AvgIpc) is 3.15. The summed E-state index contributed by atoms with van der Waals surface area (Å²) in [4.78, 5) is 24.3. The average molecular weight is 260 g/mol. The first-order valence-corrected chi connectivity index (χ1v) is 6.41. The molecule has 1 atom stereocenters. The second-order valence-corrected chi connectivity index (χ2v) is 5.34. The maximum absolute atomic E-state index is 12.2. The second kappa shape index (κ2) is 3.98. The topological polar surface area (TPSA) is 67.4 Å². The number of benzene rings is 1. The van der Waals surface area contributed by atoms with Crippen LogP contribution >= 0.6 is 0 Å². The molecule has 2 aliphatic rings. The number of ether oxygens (including phenoxy) is 1. The van der Waals surface area contributed by atoms with Gasteiger partial charge in [-0.3, -0.25) is 9.59 Å². The minimum atomic E-state index is -1.50. The van der Waals surface area contributed by atoms with Gasteiger partial charge < -0.3 is 15.4 Å². The summed E-state index contributed by atoms with van der Waals surface area (Å²) in [5.74, 6) is -0.277. The molecular weight excluding hydrogens is 244 g/mol. The van der Waals surface area contributed by atoms with Crippen molar-refractivity contribution in [3.05, 3.63) is 23.8 Å². The lowest BCUT2D eigenvalue weighted by Crippen LogP contribution is -2.59. The number of carbonyl (C=O) groups excluding carboxylic acids is 2. The highest BCUT2D eigenvalue weighted by atomic mass is 16.5. The molecule has 1 aliphatic carbocycles. The maximum Gasteiger partial charge on any atom is 0.278 e. The van der Waals surface area contributed by atoms with E-state index < -0.39 is 11.5 Å². The molecule has 3 rings (SSSR count). The standard InChI is InChI=1S/C14H16N2O3/c1-8-3-6-11-10(7-8)16-13(18)14(2,19-11)12(17)15-9-4-5-9/h3,6-7,9H,4-5H2,1-2H3,(H,15,17)(H,16,18). The molecule has 2 N–H and O–H groups in total.